The van der Waals surface area contributed by atoms with Gasteiger partial charge in [0, 0.05) is 24.2 Å². The number of fused-ring (bicyclic) bond motifs is 3. The Morgan fingerprint density at radius 1 is 1.03 bits per heavy atom. The molecule has 1 aromatic heterocycles. The van der Waals surface area contributed by atoms with Gasteiger partial charge in [-0.15, -0.1) is 0 Å². The summed E-state index contributed by atoms with van der Waals surface area (Å²) in [4.78, 5) is 44.0. The van der Waals surface area contributed by atoms with Crippen molar-refractivity contribution in [2.75, 3.05) is 6.61 Å². The van der Waals surface area contributed by atoms with E-state index in [0.717, 1.165) is 22.3 Å². The molecule has 0 unspecified atom stereocenters. The van der Waals surface area contributed by atoms with Gasteiger partial charge in [0.25, 0.3) is 0 Å². The van der Waals surface area contributed by atoms with Gasteiger partial charge in [0.15, 0.2) is 0 Å². The second-order valence-electron chi connectivity index (χ2n) is 8.49. The maximum atomic E-state index is 12.9. The molecule has 2 aromatic carbocycles. The number of amides is 2. The number of ether oxygens (including phenoxy) is 1. The molecule has 35 heavy (non-hydrogen) atoms. The molecule has 0 spiro atoms. The van der Waals surface area contributed by atoms with E-state index in [9.17, 15) is 19.5 Å². The summed E-state index contributed by atoms with van der Waals surface area (Å²) in [5, 5.41) is 14.5. The van der Waals surface area contributed by atoms with Crippen molar-refractivity contribution in [2.24, 2.45) is 0 Å². The number of rotatable bonds is 10. The molecule has 0 aliphatic heterocycles. The predicted molar refractivity (Wildman–Crippen MR) is 129 cm³/mol. The molecule has 1 aliphatic rings. The SMILES string of the molecule is CCC[C@H](NC(=O)[C@H](Cc1cnc[nH]1)NC(=O)OCC1c2ccccc2-c2ccccc21)C(=O)O. The van der Waals surface area contributed by atoms with Crippen molar-refractivity contribution in [3.63, 3.8) is 0 Å². The highest BCUT2D eigenvalue weighted by Gasteiger charge is 2.31. The molecule has 4 rings (SSSR count). The largest absolute Gasteiger partial charge is 0.480 e. The van der Waals surface area contributed by atoms with Crippen molar-refractivity contribution in [3.8, 4) is 11.1 Å². The zero-order chi connectivity index (χ0) is 24.8. The number of imidazole rings is 1. The van der Waals surface area contributed by atoms with Crippen LogP contribution in [0.25, 0.3) is 11.1 Å². The van der Waals surface area contributed by atoms with Crippen LogP contribution >= 0.6 is 0 Å². The van der Waals surface area contributed by atoms with E-state index >= 15 is 0 Å². The van der Waals surface area contributed by atoms with Crippen LogP contribution < -0.4 is 10.6 Å². The van der Waals surface area contributed by atoms with Crippen LogP contribution in [0, 0.1) is 0 Å². The summed E-state index contributed by atoms with van der Waals surface area (Å²) in [6.45, 7) is 1.94. The van der Waals surface area contributed by atoms with Gasteiger partial charge in [0.2, 0.25) is 5.91 Å². The molecule has 9 nitrogen and oxygen atoms in total. The monoisotopic (exact) mass is 476 g/mol. The van der Waals surface area contributed by atoms with Gasteiger partial charge >= 0.3 is 12.1 Å². The summed E-state index contributed by atoms with van der Waals surface area (Å²) >= 11 is 0. The summed E-state index contributed by atoms with van der Waals surface area (Å²) in [6, 6.07) is 13.9. The van der Waals surface area contributed by atoms with Gasteiger partial charge in [-0.2, -0.15) is 0 Å². The normalized spacial score (nSPS) is 13.9. The topological polar surface area (TPSA) is 133 Å². The molecule has 0 saturated carbocycles. The Morgan fingerprint density at radius 2 is 1.69 bits per heavy atom. The van der Waals surface area contributed by atoms with Gasteiger partial charge in [-0.1, -0.05) is 61.9 Å². The van der Waals surface area contributed by atoms with E-state index in [4.69, 9.17) is 4.74 Å². The zero-order valence-electron chi connectivity index (χ0n) is 19.4. The number of hydrogen-bond acceptors (Lipinski definition) is 5. The van der Waals surface area contributed by atoms with E-state index in [1.807, 2.05) is 55.5 Å². The standard InChI is InChI=1S/C26H28N4O5/c1-2-7-22(25(32)33)29-24(31)23(12-16-13-27-15-28-16)30-26(34)35-14-21-19-10-5-3-8-17(19)18-9-4-6-11-20(18)21/h3-6,8-11,13,15,21-23H,2,7,12,14H2,1H3,(H,27,28)(H,29,31)(H,30,34)(H,32,33)/t22-,23-/m0/s1. The lowest BCUT2D eigenvalue weighted by atomic mass is 9.98. The highest BCUT2D eigenvalue weighted by molar-refractivity contribution is 5.89. The predicted octanol–water partition coefficient (Wildman–Crippen LogP) is 3.23. The van der Waals surface area contributed by atoms with E-state index < -0.39 is 30.1 Å². The highest BCUT2D eigenvalue weighted by atomic mass is 16.5. The number of alkyl carbamates (subject to hydrolysis) is 1. The Labute approximate surface area is 202 Å². The molecule has 0 fully saturated rings. The minimum Gasteiger partial charge on any atom is -0.480 e. The molecule has 9 heteroatoms. The van der Waals surface area contributed by atoms with Crippen LogP contribution in [0.4, 0.5) is 4.79 Å². The number of carboxylic acids is 1. The van der Waals surface area contributed by atoms with Gasteiger partial charge in [0.1, 0.15) is 18.7 Å². The molecule has 2 atom stereocenters. The second-order valence-corrected chi connectivity index (χ2v) is 8.49. The fourth-order valence-corrected chi connectivity index (χ4v) is 4.43. The van der Waals surface area contributed by atoms with E-state index in [-0.39, 0.29) is 25.4 Å². The molecule has 4 N–H and O–H groups in total. The molecule has 1 aliphatic carbocycles. The number of benzene rings is 2. The van der Waals surface area contributed by atoms with Crippen LogP contribution in [0.5, 0.6) is 0 Å². The summed E-state index contributed by atoms with van der Waals surface area (Å²) in [7, 11) is 0. The van der Waals surface area contributed by atoms with E-state index in [0.29, 0.717) is 12.1 Å². The molecule has 0 saturated heterocycles. The van der Waals surface area contributed by atoms with Crippen molar-refractivity contribution in [1.29, 1.82) is 0 Å². The summed E-state index contributed by atoms with van der Waals surface area (Å²) in [5.41, 5.74) is 5.01. The van der Waals surface area contributed by atoms with Gasteiger partial charge in [-0.05, 0) is 28.7 Å². The van der Waals surface area contributed by atoms with Gasteiger partial charge in [0.05, 0.1) is 6.33 Å². The Morgan fingerprint density at radius 3 is 2.26 bits per heavy atom. The number of nitrogens with one attached hydrogen (secondary N) is 3. The second kappa shape index (κ2) is 10.9. The van der Waals surface area contributed by atoms with Crippen LogP contribution in [0.3, 0.4) is 0 Å². The number of nitrogens with zero attached hydrogens (tertiary/aromatic N) is 1. The van der Waals surface area contributed by atoms with Gasteiger partial charge < -0.3 is 25.5 Å². The van der Waals surface area contributed by atoms with Crippen LogP contribution in [0.1, 0.15) is 42.5 Å². The van der Waals surface area contributed by atoms with Crippen LogP contribution in [-0.2, 0) is 20.7 Å². The third-order valence-electron chi connectivity index (χ3n) is 6.12. The first-order chi connectivity index (χ1) is 17.0. The number of aliphatic carboxylic acids is 1. The minimum atomic E-state index is -1.12. The quantitative estimate of drug-likeness (QED) is 0.355. The molecular formula is C26H28N4O5. The lowest BCUT2D eigenvalue weighted by Gasteiger charge is -2.21. The molecule has 2 amide bonds. The lowest BCUT2D eigenvalue weighted by molar-refractivity contribution is -0.142. The average Bonchev–Trinajstić information content (AvgIpc) is 3.48. The third kappa shape index (κ3) is 5.51. The number of carbonyl (C=O) groups is 3. The number of carboxylic acid groups (broad SMARTS) is 1. The summed E-state index contributed by atoms with van der Waals surface area (Å²) < 4.78 is 5.57. The Bertz CT molecular complexity index is 1150. The smallest absolute Gasteiger partial charge is 0.407 e. The van der Waals surface area contributed by atoms with E-state index in [1.54, 1.807) is 6.20 Å². The maximum Gasteiger partial charge on any atom is 0.407 e. The van der Waals surface area contributed by atoms with Crippen molar-refractivity contribution in [1.82, 2.24) is 20.6 Å². The zero-order valence-corrected chi connectivity index (χ0v) is 19.4. The Hall–Kier alpha value is -4.14. The molecule has 1 heterocycles. The molecule has 3 aromatic rings. The third-order valence-corrected chi connectivity index (χ3v) is 6.12. The first kappa shape index (κ1) is 24.0. The highest BCUT2D eigenvalue weighted by Crippen LogP contribution is 2.44. The Balaban J connectivity index is 1.44. The van der Waals surface area contributed by atoms with E-state index in [2.05, 4.69) is 20.6 Å². The fourth-order valence-electron chi connectivity index (χ4n) is 4.43. The van der Waals surface area contributed by atoms with Crippen molar-refractivity contribution in [3.05, 3.63) is 77.9 Å². The van der Waals surface area contributed by atoms with Gasteiger partial charge in [-0.25, -0.2) is 14.6 Å². The molecular weight excluding hydrogens is 448 g/mol. The van der Waals surface area contributed by atoms with Crippen molar-refractivity contribution < 1.29 is 24.2 Å². The van der Waals surface area contributed by atoms with Crippen molar-refractivity contribution in [2.45, 2.75) is 44.2 Å². The van der Waals surface area contributed by atoms with Crippen molar-refractivity contribution >= 4 is 18.0 Å². The van der Waals surface area contributed by atoms with E-state index in [1.165, 1.54) is 6.33 Å². The minimum absolute atomic E-state index is 0.103. The number of carbonyl (C=O) groups excluding carboxylic acids is 2. The first-order valence-corrected chi connectivity index (χ1v) is 11.6. The molecule has 0 bridgehead atoms. The van der Waals surface area contributed by atoms with Crippen LogP contribution in [0.15, 0.2) is 61.1 Å². The van der Waals surface area contributed by atoms with Gasteiger partial charge in [-0.3, -0.25) is 4.79 Å². The average molecular weight is 477 g/mol. The number of aromatic nitrogens is 2. The maximum absolute atomic E-state index is 12.9. The number of aromatic amines is 1. The fraction of sp³-hybridized carbons (Fsp3) is 0.308. The lowest BCUT2D eigenvalue weighted by Crippen LogP contribution is -2.52. The van der Waals surface area contributed by atoms with Crippen LogP contribution in [0.2, 0.25) is 0 Å². The number of hydrogen-bond donors (Lipinski definition) is 4. The summed E-state index contributed by atoms with van der Waals surface area (Å²) in [5.74, 6) is -1.84. The molecule has 182 valence electrons. The summed E-state index contributed by atoms with van der Waals surface area (Å²) in [6.07, 6.45) is 3.23. The molecule has 0 radical (unpaired) electrons. The Kier molecular flexibility index (Phi) is 7.45. The first-order valence-electron chi connectivity index (χ1n) is 11.6. The van der Waals surface area contributed by atoms with Crippen LogP contribution in [-0.4, -0.2) is 51.7 Å². The number of H-pyrrole nitrogens is 1.